The van der Waals surface area contributed by atoms with Gasteiger partial charge in [-0.15, -0.1) is 0 Å². The predicted molar refractivity (Wildman–Crippen MR) is 93.1 cm³/mol. The summed E-state index contributed by atoms with van der Waals surface area (Å²) in [4.78, 5) is 10.3. The van der Waals surface area contributed by atoms with Crippen LogP contribution in [0.4, 0.5) is 0 Å². The van der Waals surface area contributed by atoms with Crippen molar-refractivity contribution >= 4 is 5.97 Å². The van der Waals surface area contributed by atoms with Gasteiger partial charge in [0, 0.05) is 13.5 Å². The minimum Gasteiger partial charge on any atom is -0.481 e. The fourth-order valence-corrected chi connectivity index (χ4v) is 2.06. The maximum absolute atomic E-state index is 10.3. The predicted octanol–water partition coefficient (Wildman–Crippen LogP) is 5.29. The van der Waals surface area contributed by atoms with Gasteiger partial charge in [0.2, 0.25) is 0 Å². The molecule has 0 aliphatic heterocycles. The first-order valence-corrected chi connectivity index (χ1v) is 8.43. The van der Waals surface area contributed by atoms with Gasteiger partial charge in [0.25, 0.3) is 0 Å². The number of unbranched alkanes of at least 4 members (excludes halogenated alkanes) is 4. The van der Waals surface area contributed by atoms with E-state index in [-0.39, 0.29) is 12.5 Å². The van der Waals surface area contributed by atoms with Gasteiger partial charge in [-0.3, -0.25) is 4.79 Å². The molecular formula is C19H32O3. The van der Waals surface area contributed by atoms with E-state index in [1.165, 1.54) is 19.3 Å². The number of carboxylic acids is 1. The Morgan fingerprint density at radius 3 is 2.59 bits per heavy atom. The van der Waals surface area contributed by atoms with Crippen LogP contribution in [0.1, 0.15) is 64.7 Å². The Kier molecular flexibility index (Phi) is 15.0. The summed E-state index contributed by atoms with van der Waals surface area (Å²) in [5.74, 6) is -0.706. The fourth-order valence-electron chi connectivity index (χ4n) is 2.06. The van der Waals surface area contributed by atoms with Crippen LogP contribution in [0.5, 0.6) is 0 Å². The fraction of sp³-hybridized carbons (Fsp3) is 0.632. The molecule has 0 unspecified atom stereocenters. The SMILES string of the molecule is CCCCC[C@@H](/C=C\C=C/C/C=C\CCCCC(=O)O)OC. The molecule has 0 amide bonds. The number of methoxy groups -OCH3 is 1. The lowest BCUT2D eigenvalue weighted by molar-refractivity contribution is -0.137. The summed E-state index contributed by atoms with van der Waals surface area (Å²) in [5.41, 5.74) is 0. The number of aliphatic carboxylic acids is 1. The van der Waals surface area contributed by atoms with Crippen LogP contribution < -0.4 is 0 Å². The molecule has 3 heteroatoms. The van der Waals surface area contributed by atoms with Crippen molar-refractivity contribution < 1.29 is 14.6 Å². The summed E-state index contributed by atoms with van der Waals surface area (Å²) in [6.45, 7) is 2.21. The molecule has 1 N–H and O–H groups in total. The van der Waals surface area contributed by atoms with Gasteiger partial charge < -0.3 is 9.84 Å². The maximum Gasteiger partial charge on any atom is 0.303 e. The molecule has 126 valence electrons. The Balaban J connectivity index is 3.66. The van der Waals surface area contributed by atoms with Gasteiger partial charge in [0.05, 0.1) is 6.10 Å². The number of rotatable bonds is 14. The van der Waals surface area contributed by atoms with Crippen molar-refractivity contribution in [3.63, 3.8) is 0 Å². The van der Waals surface area contributed by atoms with E-state index in [1.54, 1.807) is 7.11 Å². The van der Waals surface area contributed by atoms with Crippen LogP contribution in [0.3, 0.4) is 0 Å². The largest absolute Gasteiger partial charge is 0.481 e. The highest BCUT2D eigenvalue weighted by Crippen LogP contribution is 2.07. The molecule has 22 heavy (non-hydrogen) atoms. The number of carboxylic acid groups (broad SMARTS) is 1. The monoisotopic (exact) mass is 308 g/mol. The molecule has 0 aliphatic carbocycles. The van der Waals surface area contributed by atoms with E-state index in [9.17, 15) is 4.79 Å². The minimum atomic E-state index is -0.706. The molecule has 0 fully saturated rings. The van der Waals surface area contributed by atoms with Crippen LogP contribution in [-0.4, -0.2) is 24.3 Å². The van der Waals surface area contributed by atoms with E-state index in [0.717, 1.165) is 32.1 Å². The molecule has 0 bridgehead atoms. The lowest BCUT2D eigenvalue weighted by atomic mass is 10.1. The van der Waals surface area contributed by atoms with Crippen molar-refractivity contribution in [2.75, 3.05) is 7.11 Å². The second-order valence-electron chi connectivity index (χ2n) is 5.43. The lowest BCUT2D eigenvalue weighted by Gasteiger charge is -2.09. The molecule has 0 saturated heterocycles. The van der Waals surface area contributed by atoms with Crippen molar-refractivity contribution in [3.05, 3.63) is 36.5 Å². The van der Waals surface area contributed by atoms with Gasteiger partial charge in [-0.2, -0.15) is 0 Å². The third-order valence-electron chi connectivity index (χ3n) is 3.42. The molecule has 0 aromatic heterocycles. The highest BCUT2D eigenvalue weighted by molar-refractivity contribution is 5.66. The molecule has 0 spiro atoms. The Labute approximate surface area is 135 Å². The van der Waals surface area contributed by atoms with Crippen molar-refractivity contribution in [2.45, 2.75) is 70.8 Å². The smallest absolute Gasteiger partial charge is 0.303 e. The summed E-state index contributed by atoms with van der Waals surface area (Å²) in [6, 6.07) is 0. The zero-order chi connectivity index (χ0) is 16.5. The number of carbonyl (C=O) groups is 1. The van der Waals surface area contributed by atoms with Crippen LogP contribution in [0.15, 0.2) is 36.5 Å². The topological polar surface area (TPSA) is 46.5 Å². The van der Waals surface area contributed by atoms with Crippen molar-refractivity contribution in [1.29, 1.82) is 0 Å². The standard InChI is InChI=1S/C19H32O3/c1-3-4-12-15-18(22-2)16-13-10-8-6-5-7-9-11-14-17-19(20)21/h5,7-8,10,13,16,18H,3-4,6,9,11-12,14-15,17H2,1-2H3,(H,20,21)/b7-5-,10-8-,16-13-/t18-/m0/s1. The third-order valence-corrected chi connectivity index (χ3v) is 3.42. The number of allylic oxidation sites excluding steroid dienone is 5. The Hall–Kier alpha value is -1.35. The normalized spacial score (nSPS) is 13.5. The van der Waals surface area contributed by atoms with Gasteiger partial charge in [0.15, 0.2) is 0 Å². The summed E-state index contributed by atoms with van der Waals surface area (Å²) < 4.78 is 5.42. The van der Waals surface area contributed by atoms with E-state index in [0.29, 0.717) is 0 Å². The average Bonchev–Trinajstić information content (AvgIpc) is 2.50. The molecular weight excluding hydrogens is 276 g/mol. The summed E-state index contributed by atoms with van der Waals surface area (Å²) >= 11 is 0. The van der Waals surface area contributed by atoms with Gasteiger partial charge in [-0.05, 0) is 32.1 Å². The summed E-state index contributed by atoms with van der Waals surface area (Å²) in [7, 11) is 1.76. The molecule has 0 aliphatic rings. The molecule has 0 radical (unpaired) electrons. The quantitative estimate of drug-likeness (QED) is 0.269. The Morgan fingerprint density at radius 1 is 1.09 bits per heavy atom. The summed E-state index contributed by atoms with van der Waals surface area (Å²) in [6.07, 6.45) is 21.5. The minimum absolute atomic E-state index is 0.223. The van der Waals surface area contributed by atoms with E-state index in [1.807, 2.05) is 0 Å². The van der Waals surface area contributed by atoms with Gasteiger partial charge in [-0.25, -0.2) is 0 Å². The van der Waals surface area contributed by atoms with Crippen LogP contribution in [0, 0.1) is 0 Å². The summed E-state index contributed by atoms with van der Waals surface area (Å²) in [5, 5.41) is 8.51. The van der Waals surface area contributed by atoms with Gasteiger partial charge in [0.1, 0.15) is 0 Å². The van der Waals surface area contributed by atoms with E-state index >= 15 is 0 Å². The first-order chi connectivity index (χ1) is 10.7. The number of ether oxygens (including phenoxy) is 1. The second-order valence-corrected chi connectivity index (χ2v) is 5.43. The van der Waals surface area contributed by atoms with Crippen molar-refractivity contribution in [2.24, 2.45) is 0 Å². The van der Waals surface area contributed by atoms with E-state index in [4.69, 9.17) is 9.84 Å². The first-order valence-electron chi connectivity index (χ1n) is 8.43. The zero-order valence-corrected chi connectivity index (χ0v) is 14.2. The molecule has 1 atom stereocenters. The van der Waals surface area contributed by atoms with Crippen LogP contribution >= 0.6 is 0 Å². The van der Waals surface area contributed by atoms with Gasteiger partial charge in [-0.1, -0.05) is 62.6 Å². The molecule has 0 aromatic carbocycles. The first kappa shape index (κ1) is 20.6. The maximum atomic E-state index is 10.3. The molecule has 0 heterocycles. The number of hydrogen-bond acceptors (Lipinski definition) is 2. The Bertz CT molecular complexity index is 343. The molecule has 0 rings (SSSR count). The van der Waals surface area contributed by atoms with Crippen LogP contribution in [0.25, 0.3) is 0 Å². The highest BCUT2D eigenvalue weighted by atomic mass is 16.5. The zero-order valence-electron chi connectivity index (χ0n) is 14.2. The average molecular weight is 308 g/mol. The lowest BCUT2D eigenvalue weighted by Crippen LogP contribution is -2.05. The van der Waals surface area contributed by atoms with E-state index in [2.05, 4.69) is 43.4 Å². The molecule has 3 nitrogen and oxygen atoms in total. The van der Waals surface area contributed by atoms with E-state index < -0.39 is 5.97 Å². The van der Waals surface area contributed by atoms with Crippen LogP contribution in [0.2, 0.25) is 0 Å². The Morgan fingerprint density at radius 2 is 1.91 bits per heavy atom. The second kappa shape index (κ2) is 16.0. The molecule has 0 aromatic rings. The van der Waals surface area contributed by atoms with Crippen molar-refractivity contribution in [1.82, 2.24) is 0 Å². The highest BCUT2D eigenvalue weighted by Gasteiger charge is 2.00. The number of hydrogen-bond donors (Lipinski definition) is 1. The molecule has 0 saturated carbocycles. The van der Waals surface area contributed by atoms with Gasteiger partial charge >= 0.3 is 5.97 Å². The van der Waals surface area contributed by atoms with Crippen LogP contribution in [-0.2, 0) is 9.53 Å². The third kappa shape index (κ3) is 15.0. The van der Waals surface area contributed by atoms with Crippen molar-refractivity contribution in [3.8, 4) is 0 Å².